The van der Waals surface area contributed by atoms with Gasteiger partial charge in [-0.25, -0.2) is 0 Å². The van der Waals surface area contributed by atoms with E-state index in [1.165, 1.54) is 11.1 Å². The Kier molecular flexibility index (Phi) is 2.70. The maximum atomic E-state index is 5.94. The fourth-order valence-electron chi connectivity index (χ4n) is 2.04. The van der Waals surface area contributed by atoms with E-state index in [0.717, 1.165) is 38.3 Å². The lowest BCUT2D eigenvalue weighted by molar-refractivity contribution is 0.262. The molecule has 3 nitrogen and oxygen atoms in total. The summed E-state index contributed by atoms with van der Waals surface area (Å²) in [6.45, 7) is 3.75. The summed E-state index contributed by atoms with van der Waals surface area (Å²) in [5.74, 6) is 0. The molecular weight excluding hydrogens is 174 g/mol. The monoisotopic (exact) mass is 191 g/mol. The van der Waals surface area contributed by atoms with Gasteiger partial charge in [0.15, 0.2) is 0 Å². The molecule has 0 aromatic heterocycles. The smallest absolute Gasteiger partial charge is 0.0362 e. The molecule has 0 unspecified atom stereocenters. The Balaban J connectivity index is 2.20. The van der Waals surface area contributed by atoms with Gasteiger partial charge in [-0.15, -0.1) is 0 Å². The first kappa shape index (κ1) is 9.49. The van der Waals surface area contributed by atoms with Crippen molar-refractivity contribution in [1.82, 2.24) is 4.90 Å². The van der Waals surface area contributed by atoms with Gasteiger partial charge < -0.3 is 11.5 Å². The second kappa shape index (κ2) is 3.98. The molecule has 76 valence electrons. The minimum absolute atomic E-state index is 0.724. The predicted octanol–water partition coefficient (Wildman–Crippen LogP) is 0.586. The van der Waals surface area contributed by atoms with Gasteiger partial charge in [0.05, 0.1) is 0 Å². The Hall–Kier alpha value is -1.06. The molecule has 1 aromatic carbocycles. The normalized spacial score (nSPS) is 16.6. The summed E-state index contributed by atoms with van der Waals surface area (Å²) in [5.41, 5.74) is 15.1. The molecule has 14 heavy (non-hydrogen) atoms. The molecule has 1 aliphatic heterocycles. The molecule has 0 saturated heterocycles. The number of nitrogens with zero attached hydrogens (tertiary/aromatic N) is 1. The van der Waals surface area contributed by atoms with Crippen LogP contribution in [0.15, 0.2) is 18.2 Å². The first-order chi connectivity index (χ1) is 6.81. The van der Waals surface area contributed by atoms with Crippen molar-refractivity contribution in [2.24, 2.45) is 5.73 Å². The van der Waals surface area contributed by atoms with Gasteiger partial charge in [-0.3, -0.25) is 4.90 Å². The summed E-state index contributed by atoms with van der Waals surface area (Å²) in [6, 6.07) is 6.18. The van der Waals surface area contributed by atoms with Crippen LogP contribution in [0.5, 0.6) is 0 Å². The largest absolute Gasteiger partial charge is 0.398 e. The minimum atomic E-state index is 0.724. The third kappa shape index (κ3) is 1.74. The highest BCUT2D eigenvalue weighted by molar-refractivity contribution is 5.51. The van der Waals surface area contributed by atoms with Crippen LogP contribution in [-0.2, 0) is 13.0 Å². The van der Waals surface area contributed by atoms with E-state index in [1.807, 2.05) is 12.1 Å². The molecule has 1 heterocycles. The zero-order valence-electron chi connectivity index (χ0n) is 8.37. The first-order valence-corrected chi connectivity index (χ1v) is 5.10. The molecule has 0 spiro atoms. The quantitative estimate of drug-likeness (QED) is 0.673. The Bertz CT molecular complexity index is 322. The van der Waals surface area contributed by atoms with E-state index in [0.29, 0.717) is 0 Å². The van der Waals surface area contributed by atoms with Crippen LogP contribution < -0.4 is 11.5 Å². The van der Waals surface area contributed by atoms with Crippen molar-refractivity contribution in [2.45, 2.75) is 13.0 Å². The third-order valence-corrected chi connectivity index (χ3v) is 2.83. The van der Waals surface area contributed by atoms with E-state index < -0.39 is 0 Å². The van der Waals surface area contributed by atoms with Gasteiger partial charge >= 0.3 is 0 Å². The number of hydrogen-bond donors (Lipinski definition) is 2. The van der Waals surface area contributed by atoms with Crippen molar-refractivity contribution >= 4 is 5.69 Å². The second-order valence-corrected chi connectivity index (χ2v) is 3.80. The number of hydrogen-bond acceptors (Lipinski definition) is 3. The molecule has 1 aliphatic rings. The molecular formula is C11H17N3. The van der Waals surface area contributed by atoms with Crippen LogP contribution >= 0.6 is 0 Å². The second-order valence-electron chi connectivity index (χ2n) is 3.80. The fraction of sp³-hybridized carbons (Fsp3) is 0.455. The Morgan fingerprint density at radius 3 is 3.00 bits per heavy atom. The Labute approximate surface area is 84.7 Å². The van der Waals surface area contributed by atoms with Crippen molar-refractivity contribution in [3.05, 3.63) is 29.3 Å². The molecule has 0 amide bonds. The molecule has 1 aromatic rings. The van der Waals surface area contributed by atoms with Gasteiger partial charge in [-0.2, -0.15) is 0 Å². The molecule has 0 fully saturated rings. The van der Waals surface area contributed by atoms with E-state index in [2.05, 4.69) is 11.0 Å². The molecule has 0 bridgehead atoms. The number of rotatable bonds is 2. The third-order valence-electron chi connectivity index (χ3n) is 2.83. The zero-order chi connectivity index (χ0) is 9.97. The van der Waals surface area contributed by atoms with E-state index in [9.17, 15) is 0 Å². The number of fused-ring (bicyclic) bond motifs is 1. The van der Waals surface area contributed by atoms with Crippen LogP contribution in [0.4, 0.5) is 5.69 Å². The molecule has 2 rings (SSSR count). The van der Waals surface area contributed by atoms with Crippen molar-refractivity contribution < 1.29 is 0 Å². The van der Waals surface area contributed by atoms with Gasteiger partial charge in [0.2, 0.25) is 0 Å². The van der Waals surface area contributed by atoms with Crippen LogP contribution in [0.3, 0.4) is 0 Å². The van der Waals surface area contributed by atoms with Crippen LogP contribution in [0, 0.1) is 0 Å². The summed E-state index contributed by atoms with van der Waals surface area (Å²) in [6.07, 6.45) is 1.10. The highest BCUT2D eigenvalue weighted by Gasteiger charge is 2.16. The first-order valence-electron chi connectivity index (χ1n) is 5.10. The number of anilines is 1. The minimum Gasteiger partial charge on any atom is -0.398 e. The van der Waals surface area contributed by atoms with E-state index in [-0.39, 0.29) is 0 Å². The SMILES string of the molecule is NCCN1CCc2cccc(N)c2C1. The van der Waals surface area contributed by atoms with Gasteiger partial charge in [0.1, 0.15) is 0 Å². The van der Waals surface area contributed by atoms with E-state index in [1.54, 1.807) is 0 Å². The Morgan fingerprint density at radius 1 is 1.36 bits per heavy atom. The molecule has 0 atom stereocenters. The van der Waals surface area contributed by atoms with Crippen LogP contribution in [0.25, 0.3) is 0 Å². The van der Waals surface area contributed by atoms with Crippen LogP contribution in [0.1, 0.15) is 11.1 Å². The lowest BCUT2D eigenvalue weighted by Crippen LogP contribution is -2.34. The lowest BCUT2D eigenvalue weighted by Gasteiger charge is -2.29. The maximum Gasteiger partial charge on any atom is 0.0362 e. The van der Waals surface area contributed by atoms with Crippen molar-refractivity contribution in [3.8, 4) is 0 Å². The average Bonchev–Trinajstić information content (AvgIpc) is 2.20. The van der Waals surface area contributed by atoms with Gasteiger partial charge in [0, 0.05) is 31.9 Å². The van der Waals surface area contributed by atoms with E-state index in [4.69, 9.17) is 11.5 Å². The Morgan fingerprint density at radius 2 is 2.21 bits per heavy atom. The van der Waals surface area contributed by atoms with Gasteiger partial charge in [-0.1, -0.05) is 12.1 Å². The highest BCUT2D eigenvalue weighted by atomic mass is 15.1. The maximum absolute atomic E-state index is 5.94. The zero-order valence-corrected chi connectivity index (χ0v) is 8.37. The summed E-state index contributed by atoms with van der Waals surface area (Å²) in [5, 5.41) is 0. The van der Waals surface area contributed by atoms with Crippen LogP contribution in [0.2, 0.25) is 0 Å². The highest BCUT2D eigenvalue weighted by Crippen LogP contribution is 2.23. The average molecular weight is 191 g/mol. The number of nitrogen functional groups attached to an aromatic ring is 1. The summed E-state index contributed by atoms with van der Waals surface area (Å²) in [7, 11) is 0. The van der Waals surface area contributed by atoms with Gasteiger partial charge in [0.25, 0.3) is 0 Å². The van der Waals surface area contributed by atoms with E-state index >= 15 is 0 Å². The predicted molar refractivity (Wildman–Crippen MR) is 58.9 cm³/mol. The summed E-state index contributed by atoms with van der Waals surface area (Å²) < 4.78 is 0. The standard InChI is InChI=1S/C11H17N3/c12-5-7-14-6-4-9-2-1-3-11(13)10(9)8-14/h1-3H,4-8,12-13H2. The van der Waals surface area contributed by atoms with Gasteiger partial charge in [-0.05, 0) is 23.6 Å². The molecule has 0 saturated carbocycles. The summed E-state index contributed by atoms with van der Waals surface area (Å²) in [4.78, 5) is 2.36. The number of nitrogens with two attached hydrogens (primary N) is 2. The fourth-order valence-corrected chi connectivity index (χ4v) is 2.04. The molecule has 0 radical (unpaired) electrons. The number of benzene rings is 1. The molecule has 3 heteroatoms. The van der Waals surface area contributed by atoms with Crippen molar-refractivity contribution in [1.29, 1.82) is 0 Å². The van der Waals surface area contributed by atoms with Crippen LogP contribution in [-0.4, -0.2) is 24.5 Å². The summed E-state index contributed by atoms with van der Waals surface area (Å²) >= 11 is 0. The molecule has 4 N–H and O–H groups in total. The topological polar surface area (TPSA) is 55.3 Å². The van der Waals surface area contributed by atoms with Crippen molar-refractivity contribution in [2.75, 3.05) is 25.4 Å². The molecule has 0 aliphatic carbocycles. The van der Waals surface area contributed by atoms with Crippen molar-refractivity contribution in [3.63, 3.8) is 0 Å². The lowest BCUT2D eigenvalue weighted by atomic mass is 9.98.